The molecule has 2 N–H and O–H groups in total. The average Bonchev–Trinajstić information content (AvgIpc) is 2.55. The van der Waals surface area contributed by atoms with E-state index >= 15 is 0 Å². The molecule has 1 aliphatic heterocycles. The molecule has 124 valence electrons. The second kappa shape index (κ2) is 7.17. The van der Waals surface area contributed by atoms with E-state index in [2.05, 4.69) is 29.4 Å². The highest BCUT2D eigenvalue weighted by atomic mass is 16.5. The predicted octanol–water partition coefficient (Wildman–Crippen LogP) is 2.33. The average molecular weight is 317 g/mol. The highest BCUT2D eigenvalue weighted by Gasteiger charge is 2.31. The highest BCUT2D eigenvalue weighted by molar-refractivity contribution is 5.94. The molecule has 0 fully saturated rings. The molecule has 2 rings (SSSR count). The second-order valence-corrected chi connectivity index (χ2v) is 5.33. The maximum Gasteiger partial charge on any atom is 0.337 e. The summed E-state index contributed by atoms with van der Waals surface area (Å²) in [6, 6.07) is 7.02. The number of amides is 2. The summed E-state index contributed by atoms with van der Waals surface area (Å²) in [6.45, 7) is 7.75. The molecule has 1 heterocycles. The van der Waals surface area contributed by atoms with Gasteiger partial charge in [-0.05, 0) is 38.5 Å². The van der Waals surface area contributed by atoms with Crippen LogP contribution in [0.25, 0.3) is 0 Å². The van der Waals surface area contributed by atoms with Crippen molar-refractivity contribution in [2.24, 2.45) is 0 Å². The Bertz CT molecular complexity index is 618. The number of esters is 1. The van der Waals surface area contributed by atoms with E-state index in [1.807, 2.05) is 24.3 Å². The molecule has 2 amide bonds. The number of benzene rings is 1. The third-order valence-electron chi connectivity index (χ3n) is 4.03. The SMILES string of the molecule is CCN(CC)c1ccc([C@H]2NC(=O)NC(C)=C2C(=O)OC)cc1. The molecule has 0 bridgehead atoms. The number of urea groups is 1. The van der Waals surface area contributed by atoms with Crippen molar-refractivity contribution in [2.75, 3.05) is 25.1 Å². The van der Waals surface area contributed by atoms with E-state index in [4.69, 9.17) is 4.74 Å². The lowest BCUT2D eigenvalue weighted by Crippen LogP contribution is -2.45. The molecule has 0 spiro atoms. The van der Waals surface area contributed by atoms with Crippen LogP contribution in [0.4, 0.5) is 10.5 Å². The number of hydrogen-bond acceptors (Lipinski definition) is 4. The van der Waals surface area contributed by atoms with Crippen LogP contribution in [-0.4, -0.2) is 32.2 Å². The van der Waals surface area contributed by atoms with E-state index in [9.17, 15) is 9.59 Å². The van der Waals surface area contributed by atoms with Crippen molar-refractivity contribution in [1.82, 2.24) is 10.6 Å². The Labute approximate surface area is 136 Å². The number of methoxy groups -OCH3 is 1. The Morgan fingerprint density at radius 1 is 1.22 bits per heavy atom. The number of ether oxygens (including phenoxy) is 1. The Hall–Kier alpha value is -2.50. The predicted molar refractivity (Wildman–Crippen MR) is 89.1 cm³/mol. The minimum Gasteiger partial charge on any atom is -0.466 e. The van der Waals surface area contributed by atoms with Crippen molar-refractivity contribution in [2.45, 2.75) is 26.8 Å². The minimum absolute atomic E-state index is 0.326. The van der Waals surface area contributed by atoms with Gasteiger partial charge in [-0.15, -0.1) is 0 Å². The summed E-state index contributed by atoms with van der Waals surface area (Å²) in [5.41, 5.74) is 2.89. The number of carbonyl (C=O) groups is 2. The Kier molecular flexibility index (Phi) is 5.26. The summed E-state index contributed by atoms with van der Waals surface area (Å²) in [4.78, 5) is 26.0. The van der Waals surface area contributed by atoms with Crippen LogP contribution in [0.15, 0.2) is 35.5 Å². The molecule has 0 aliphatic carbocycles. The molecule has 6 heteroatoms. The Morgan fingerprint density at radius 2 is 1.83 bits per heavy atom. The van der Waals surface area contributed by atoms with E-state index in [1.165, 1.54) is 7.11 Å². The minimum atomic E-state index is -0.512. The number of anilines is 1. The number of hydrogen-bond donors (Lipinski definition) is 2. The first-order valence-electron chi connectivity index (χ1n) is 7.73. The Morgan fingerprint density at radius 3 is 2.35 bits per heavy atom. The van der Waals surface area contributed by atoms with E-state index in [1.54, 1.807) is 6.92 Å². The molecule has 1 aliphatic rings. The van der Waals surface area contributed by atoms with E-state index in [0.717, 1.165) is 24.3 Å². The first-order chi connectivity index (χ1) is 11.0. The third kappa shape index (κ3) is 3.47. The first-order valence-corrected chi connectivity index (χ1v) is 7.73. The molecule has 0 unspecified atom stereocenters. The molecule has 0 aromatic heterocycles. The van der Waals surface area contributed by atoms with Gasteiger partial charge in [0.1, 0.15) is 0 Å². The van der Waals surface area contributed by atoms with Crippen LogP contribution < -0.4 is 15.5 Å². The third-order valence-corrected chi connectivity index (χ3v) is 4.03. The van der Waals surface area contributed by atoms with Gasteiger partial charge in [-0.3, -0.25) is 0 Å². The fourth-order valence-electron chi connectivity index (χ4n) is 2.79. The van der Waals surface area contributed by atoms with Crippen LogP contribution in [0.3, 0.4) is 0 Å². The molecule has 1 atom stereocenters. The van der Waals surface area contributed by atoms with Gasteiger partial charge in [0.15, 0.2) is 0 Å². The van der Waals surface area contributed by atoms with Crippen LogP contribution in [0.1, 0.15) is 32.4 Å². The van der Waals surface area contributed by atoms with Crippen molar-refractivity contribution in [3.8, 4) is 0 Å². The fraction of sp³-hybridized carbons (Fsp3) is 0.412. The maximum atomic E-state index is 12.1. The van der Waals surface area contributed by atoms with Crippen LogP contribution in [0.5, 0.6) is 0 Å². The van der Waals surface area contributed by atoms with Gasteiger partial charge in [0.2, 0.25) is 0 Å². The van der Waals surface area contributed by atoms with Gasteiger partial charge in [-0.1, -0.05) is 12.1 Å². The van der Waals surface area contributed by atoms with Crippen LogP contribution in [0, 0.1) is 0 Å². The maximum absolute atomic E-state index is 12.1. The second-order valence-electron chi connectivity index (χ2n) is 5.33. The van der Waals surface area contributed by atoms with Crippen molar-refractivity contribution in [1.29, 1.82) is 0 Å². The normalized spacial score (nSPS) is 17.4. The van der Waals surface area contributed by atoms with Gasteiger partial charge in [-0.25, -0.2) is 9.59 Å². The summed E-state index contributed by atoms with van der Waals surface area (Å²) >= 11 is 0. The quantitative estimate of drug-likeness (QED) is 0.818. The Balaban J connectivity index is 2.36. The molecule has 1 aromatic rings. The summed E-state index contributed by atoms with van der Waals surface area (Å²) in [6.07, 6.45) is 0. The zero-order valence-electron chi connectivity index (χ0n) is 14.0. The standard InChI is InChI=1S/C17H23N3O3/c1-5-20(6-2)13-9-7-12(8-10-13)15-14(16(21)23-4)11(3)18-17(22)19-15/h7-10,15H,5-6H2,1-4H3,(H2,18,19,22)/t15-/m1/s1. The van der Waals surface area contributed by atoms with Crippen molar-refractivity contribution < 1.29 is 14.3 Å². The van der Waals surface area contributed by atoms with Crippen molar-refractivity contribution >= 4 is 17.7 Å². The van der Waals surface area contributed by atoms with Gasteiger partial charge in [0.25, 0.3) is 0 Å². The van der Waals surface area contributed by atoms with Crippen molar-refractivity contribution in [3.63, 3.8) is 0 Å². The van der Waals surface area contributed by atoms with E-state index in [0.29, 0.717) is 11.3 Å². The molecule has 23 heavy (non-hydrogen) atoms. The van der Waals surface area contributed by atoms with Gasteiger partial charge in [0, 0.05) is 24.5 Å². The van der Waals surface area contributed by atoms with Gasteiger partial charge in [0.05, 0.1) is 18.7 Å². The summed E-state index contributed by atoms with van der Waals surface area (Å²) in [5, 5.41) is 5.40. The summed E-state index contributed by atoms with van der Waals surface area (Å²) in [5.74, 6) is -0.451. The molecular weight excluding hydrogens is 294 g/mol. The monoisotopic (exact) mass is 317 g/mol. The fourth-order valence-corrected chi connectivity index (χ4v) is 2.79. The number of nitrogens with one attached hydrogen (secondary N) is 2. The zero-order valence-corrected chi connectivity index (χ0v) is 14.0. The molecular formula is C17H23N3O3. The van der Waals surface area contributed by atoms with Crippen molar-refractivity contribution in [3.05, 3.63) is 41.1 Å². The molecule has 0 saturated heterocycles. The van der Waals surface area contributed by atoms with E-state index in [-0.39, 0.29) is 6.03 Å². The van der Waals surface area contributed by atoms with Gasteiger partial charge >= 0.3 is 12.0 Å². The van der Waals surface area contributed by atoms with Crippen LogP contribution in [-0.2, 0) is 9.53 Å². The zero-order chi connectivity index (χ0) is 17.0. The smallest absolute Gasteiger partial charge is 0.337 e. The molecule has 0 saturated carbocycles. The van der Waals surface area contributed by atoms with E-state index < -0.39 is 12.0 Å². The highest BCUT2D eigenvalue weighted by Crippen LogP contribution is 2.28. The first kappa shape index (κ1) is 16.9. The number of rotatable bonds is 5. The largest absolute Gasteiger partial charge is 0.466 e. The lowest BCUT2D eigenvalue weighted by atomic mass is 9.95. The summed E-state index contributed by atoms with van der Waals surface area (Å²) in [7, 11) is 1.33. The van der Waals surface area contributed by atoms with Crippen LogP contribution in [0.2, 0.25) is 0 Å². The summed E-state index contributed by atoms with van der Waals surface area (Å²) < 4.78 is 4.85. The molecule has 0 radical (unpaired) electrons. The number of nitrogens with zero attached hydrogens (tertiary/aromatic N) is 1. The van der Waals surface area contributed by atoms with Gasteiger partial charge in [-0.2, -0.15) is 0 Å². The number of allylic oxidation sites excluding steroid dienone is 1. The topological polar surface area (TPSA) is 70.7 Å². The van der Waals surface area contributed by atoms with Gasteiger partial charge < -0.3 is 20.3 Å². The number of carbonyl (C=O) groups excluding carboxylic acids is 2. The van der Waals surface area contributed by atoms with Crippen LogP contribution >= 0.6 is 0 Å². The lowest BCUT2D eigenvalue weighted by molar-refractivity contribution is -0.136. The molecule has 1 aromatic carbocycles. The molecule has 6 nitrogen and oxygen atoms in total. The lowest BCUT2D eigenvalue weighted by Gasteiger charge is -2.28.